The third-order valence-corrected chi connectivity index (χ3v) is 3.94. The van der Waals surface area contributed by atoms with Crippen LogP contribution in [-0.4, -0.2) is 54.8 Å². The molecule has 2 rings (SSSR count). The zero-order valence-corrected chi connectivity index (χ0v) is 13.7. The van der Waals surface area contributed by atoms with Gasteiger partial charge in [-0.3, -0.25) is 14.5 Å². The molecule has 0 spiro atoms. The van der Waals surface area contributed by atoms with Crippen molar-refractivity contribution in [1.82, 2.24) is 9.80 Å². The van der Waals surface area contributed by atoms with Gasteiger partial charge < -0.3 is 10.2 Å². The predicted molar refractivity (Wildman–Crippen MR) is 87.5 cm³/mol. The van der Waals surface area contributed by atoms with Crippen LogP contribution in [-0.2, 0) is 9.59 Å². The minimum absolute atomic E-state index is 0.0533. The lowest BCUT2D eigenvalue weighted by molar-refractivity contribution is -0.134. The SMILES string of the molecule is C[C@H]1CCCN(C(=O)CN(C)CC(=O)Nc2cccc(F)c2)C1. The number of amides is 2. The molecule has 1 atom stereocenters. The Morgan fingerprint density at radius 3 is 2.87 bits per heavy atom. The van der Waals surface area contributed by atoms with Crippen LogP contribution in [0.4, 0.5) is 10.1 Å². The third-order valence-electron chi connectivity index (χ3n) is 3.94. The van der Waals surface area contributed by atoms with Gasteiger partial charge in [-0.2, -0.15) is 0 Å². The van der Waals surface area contributed by atoms with Gasteiger partial charge in [0, 0.05) is 18.8 Å². The minimum atomic E-state index is -0.398. The van der Waals surface area contributed by atoms with Crippen molar-refractivity contribution >= 4 is 17.5 Å². The van der Waals surface area contributed by atoms with Gasteiger partial charge in [-0.1, -0.05) is 13.0 Å². The number of likely N-dealkylation sites (tertiary alicyclic amines) is 1. The minimum Gasteiger partial charge on any atom is -0.341 e. The lowest BCUT2D eigenvalue weighted by Gasteiger charge is -2.32. The zero-order chi connectivity index (χ0) is 16.8. The molecule has 0 unspecified atom stereocenters. The van der Waals surface area contributed by atoms with Gasteiger partial charge in [-0.05, 0) is 44.0 Å². The average Bonchev–Trinajstić information content (AvgIpc) is 2.46. The second-order valence-electron chi connectivity index (χ2n) is 6.32. The summed E-state index contributed by atoms with van der Waals surface area (Å²) in [6.45, 7) is 4.04. The van der Waals surface area contributed by atoms with Crippen LogP contribution in [0.5, 0.6) is 0 Å². The Morgan fingerprint density at radius 2 is 2.17 bits per heavy atom. The van der Waals surface area contributed by atoms with E-state index in [1.165, 1.54) is 18.2 Å². The molecule has 1 aliphatic rings. The molecule has 1 heterocycles. The average molecular weight is 321 g/mol. The number of anilines is 1. The molecule has 1 aromatic rings. The summed E-state index contributed by atoms with van der Waals surface area (Å²) in [4.78, 5) is 27.7. The van der Waals surface area contributed by atoms with Crippen LogP contribution < -0.4 is 5.32 Å². The number of hydrogen-bond acceptors (Lipinski definition) is 3. The number of hydrogen-bond donors (Lipinski definition) is 1. The Kier molecular flexibility index (Phi) is 6.10. The molecule has 1 N–H and O–H groups in total. The quantitative estimate of drug-likeness (QED) is 0.902. The Labute approximate surface area is 136 Å². The lowest BCUT2D eigenvalue weighted by atomic mass is 10.0. The van der Waals surface area contributed by atoms with E-state index in [1.807, 2.05) is 4.90 Å². The fraction of sp³-hybridized carbons (Fsp3) is 0.529. The molecule has 5 nitrogen and oxygen atoms in total. The molecule has 2 amide bonds. The van der Waals surface area contributed by atoms with Crippen molar-refractivity contribution in [3.8, 4) is 0 Å². The summed E-state index contributed by atoms with van der Waals surface area (Å²) >= 11 is 0. The predicted octanol–water partition coefficient (Wildman–Crippen LogP) is 1.95. The Hall–Kier alpha value is -1.95. The van der Waals surface area contributed by atoms with Crippen molar-refractivity contribution in [1.29, 1.82) is 0 Å². The number of nitrogens with one attached hydrogen (secondary N) is 1. The van der Waals surface area contributed by atoms with E-state index in [9.17, 15) is 14.0 Å². The standard InChI is InChI=1S/C17H24FN3O2/c1-13-5-4-8-21(10-13)17(23)12-20(2)11-16(22)19-15-7-3-6-14(18)9-15/h3,6-7,9,13H,4-5,8,10-12H2,1-2H3,(H,19,22)/t13-/m0/s1. The van der Waals surface area contributed by atoms with Crippen molar-refractivity contribution in [2.45, 2.75) is 19.8 Å². The lowest BCUT2D eigenvalue weighted by Crippen LogP contribution is -2.45. The smallest absolute Gasteiger partial charge is 0.238 e. The topological polar surface area (TPSA) is 52.7 Å². The second-order valence-corrected chi connectivity index (χ2v) is 6.32. The summed E-state index contributed by atoms with van der Waals surface area (Å²) in [5, 5.41) is 2.63. The zero-order valence-electron chi connectivity index (χ0n) is 13.7. The van der Waals surface area contributed by atoms with E-state index in [2.05, 4.69) is 12.2 Å². The molecule has 0 bridgehead atoms. The number of likely N-dealkylation sites (N-methyl/N-ethyl adjacent to an activating group) is 1. The van der Waals surface area contributed by atoms with Crippen molar-refractivity contribution in [2.75, 3.05) is 38.5 Å². The maximum absolute atomic E-state index is 13.1. The van der Waals surface area contributed by atoms with Crippen LogP contribution in [0.15, 0.2) is 24.3 Å². The van der Waals surface area contributed by atoms with Gasteiger partial charge >= 0.3 is 0 Å². The van der Waals surface area contributed by atoms with E-state index in [0.717, 1.165) is 25.9 Å². The van der Waals surface area contributed by atoms with E-state index in [-0.39, 0.29) is 24.9 Å². The van der Waals surface area contributed by atoms with Gasteiger partial charge in [0.1, 0.15) is 5.82 Å². The summed E-state index contributed by atoms with van der Waals surface area (Å²) in [6.07, 6.45) is 2.20. The largest absolute Gasteiger partial charge is 0.341 e. The van der Waals surface area contributed by atoms with Gasteiger partial charge in [-0.15, -0.1) is 0 Å². The summed E-state index contributed by atoms with van der Waals surface area (Å²) < 4.78 is 13.1. The molecular weight excluding hydrogens is 297 g/mol. The van der Waals surface area contributed by atoms with Crippen molar-refractivity contribution in [3.05, 3.63) is 30.1 Å². The molecular formula is C17H24FN3O2. The van der Waals surface area contributed by atoms with Crippen LogP contribution in [0.25, 0.3) is 0 Å². The summed E-state index contributed by atoms with van der Waals surface area (Å²) in [5.74, 6) is -0.0737. The van der Waals surface area contributed by atoms with E-state index >= 15 is 0 Å². The van der Waals surface area contributed by atoms with Crippen LogP contribution >= 0.6 is 0 Å². The van der Waals surface area contributed by atoms with E-state index in [0.29, 0.717) is 11.6 Å². The third kappa shape index (κ3) is 5.63. The molecule has 1 saturated heterocycles. The highest BCUT2D eigenvalue weighted by molar-refractivity contribution is 5.92. The fourth-order valence-electron chi connectivity index (χ4n) is 2.81. The molecule has 0 aliphatic carbocycles. The number of carbonyl (C=O) groups is 2. The molecule has 0 aromatic heterocycles. The highest BCUT2D eigenvalue weighted by Gasteiger charge is 2.22. The van der Waals surface area contributed by atoms with Gasteiger partial charge in [0.2, 0.25) is 11.8 Å². The second kappa shape index (κ2) is 8.06. The van der Waals surface area contributed by atoms with Gasteiger partial charge in [0.25, 0.3) is 0 Å². The molecule has 23 heavy (non-hydrogen) atoms. The molecule has 0 saturated carbocycles. The molecule has 126 valence electrons. The van der Waals surface area contributed by atoms with Crippen LogP contribution in [0, 0.1) is 11.7 Å². The number of rotatable bonds is 5. The van der Waals surface area contributed by atoms with Gasteiger partial charge in [-0.25, -0.2) is 4.39 Å². The summed E-state index contributed by atoms with van der Waals surface area (Å²) in [7, 11) is 1.73. The van der Waals surface area contributed by atoms with Crippen LogP contribution in [0.2, 0.25) is 0 Å². The number of nitrogens with zero attached hydrogens (tertiary/aromatic N) is 2. The number of piperidine rings is 1. The fourth-order valence-corrected chi connectivity index (χ4v) is 2.81. The highest BCUT2D eigenvalue weighted by Crippen LogP contribution is 2.15. The highest BCUT2D eigenvalue weighted by atomic mass is 19.1. The molecule has 0 radical (unpaired) electrons. The molecule has 6 heteroatoms. The molecule has 1 aliphatic heterocycles. The first-order valence-corrected chi connectivity index (χ1v) is 7.96. The number of carbonyl (C=O) groups excluding carboxylic acids is 2. The first-order chi connectivity index (χ1) is 10.9. The molecule has 1 fully saturated rings. The Balaban J connectivity index is 1.78. The Bertz CT molecular complexity index is 565. The Morgan fingerprint density at radius 1 is 1.39 bits per heavy atom. The maximum Gasteiger partial charge on any atom is 0.238 e. The summed E-state index contributed by atoms with van der Waals surface area (Å²) in [5.41, 5.74) is 0.416. The van der Waals surface area contributed by atoms with Gasteiger partial charge in [0.15, 0.2) is 0 Å². The normalized spacial score (nSPS) is 18.1. The molecule has 1 aromatic carbocycles. The maximum atomic E-state index is 13.1. The van der Waals surface area contributed by atoms with Crippen LogP contribution in [0.3, 0.4) is 0 Å². The van der Waals surface area contributed by atoms with E-state index in [1.54, 1.807) is 18.0 Å². The van der Waals surface area contributed by atoms with Crippen molar-refractivity contribution in [3.63, 3.8) is 0 Å². The van der Waals surface area contributed by atoms with Crippen LogP contribution in [0.1, 0.15) is 19.8 Å². The number of benzene rings is 1. The van der Waals surface area contributed by atoms with E-state index in [4.69, 9.17) is 0 Å². The summed E-state index contributed by atoms with van der Waals surface area (Å²) in [6, 6.07) is 5.75. The number of halogens is 1. The van der Waals surface area contributed by atoms with Crippen molar-refractivity contribution in [2.24, 2.45) is 5.92 Å². The monoisotopic (exact) mass is 321 g/mol. The van der Waals surface area contributed by atoms with Crippen molar-refractivity contribution < 1.29 is 14.0 Å². The first kappa shape index (κ1) is 17.4. The first-order valence-electron chi connectivity index (χ1n) is 7.96. The van der Waals surface area contributed by atoms with E-state index < -0.39 is 5.82 Å². The van der Waals surface area contributed by atoms with Gasteiger partial charge in [0.05, 0.1) is 13.1 Å².